The number of nitrogens with zero attached hydrogens (tertiary/aromatic N) is 1. The molecule has 1 aromatic carbocycles. The van der Waals surface area contributed by atoms with Gasteiger partial charge in [0.1, 0.15) is 0 Å². The number of sulfonamides is 1. The maximum atomic E-state index is 12.8. The zero-order valence-electron chi connectivity index (χ0n) is 10.4. The highest BCUT2D eigenvalue weighted by atomic mass is 35.5. The average molecular weight is 357 g/mol. The fourth-order valence-electron chi connectivity index (χ4n) is 1.61. The molecule has 2 rings (SSSR count). The lowest BCUT2D eigenvalue weighted by atomic mass is 10.2. The van der Waals surface area contributed by atoms with Crippen molar-refractivity contribution in [3.8, 4) is 0 Å². The van der Waals surface area contributed by atoms with Crippen LogP contribution in [0.4, 0.5) is 18.9 Å². The van der Waals surface area contributed by atoms with Crippen molar-refractivity contribution in [1.29, 1.82) is 0 Å². The van der Waals surface area contributed by atoms with Gasteiger partial charge in [0.05, 0.1) is 16.9 Å². The number of rotatable bonds is 3. The van der Waals surface area contributed by atoms with E-state index in [1.807, 2.05) is 4.72 Å². The summed E-state index contributed by atoms with van der Waals surface area (Å²) in [7, 11) is -4.18. The third kappa shape index (κ3) is 3.47. The van der Waals surface area contributed by atoms with Crippen molar-refractivity contribution in [2.24, 2.45) is 0 Å². The molecule has 0 aliphatic carbocycles. The Balaban J connectivity index is 2.45. The minimum Gasteiger partial charge on any atom is -0.278 e. The molecular weight excluding hydrogens is 349 g/mol. The van der Waals surface area contributed by atoms with E-state index in [0.717, 1.165) is 12.1 Å². The highest BCUT2D eigenvalue weighted by Gasteiger charge is 2.34. The zero-order chi connectivity index (χ0) is 15.8. The largest absolute Gasteiger partial charge is 0.418 e. The highest BCUT2D eigenvalue weighted by molar-refractivity contribution is 7.94. The summed E-state index contributed by atoms with van der Waals surface area (Å²) in [4.78, 5) is 3.73. The van der Waals surface area contributed by atoms with Gasteiger partial charge in [0.15, 0.2) is 8.68 Å². The van der Waals surface area contributed by atoms with Crippen LogP contribution in [0.2, 0.25) is 4.47 Å². The fraction of sp³-hybridized carbons (Fsp3) is 0.182. The molecular formula is C11H8ClF3N2O2S2. The Morgan fingerprint density at radius 2 is 1.90 bits per heavy atom. The lowest BCUT2D eigenvalue weighted by molar-refractivity contribution is -0.136. The van der Waals surface area contributed by atoms with Gasteiger partial charge in [0.2, 0.25) is 0 Å². The molecule has 1 heterocycles. The van der Waals surface area contributed by atoms with Gasteiger partial charge in [0.25, 0.3) is 10.0 Å². The van der Waals surface area contributed by atoms with E-state index in [9.17, 15) is 21.6 Å². The van der Waals surface area contributed by atoms with E-state index >= 15 is 0 Å². The molecule has 0 fully saturated rings. The molecule has 1 aromatic heterocycles. The zero-order valence-corrected chi connectivity index (χ0v) is 12.8. The van der Waals surface area contributed by atoms with E-state index in [1.165, 1.54) is 19.1 Å². The van der Waals surface area contributed by atoms with Gasteiger partial charge < -0.3 is 0 Å². The molecule has 0 saturated carbocycles. The van der Waals surface area contributed by atoms with Crippen LogP contribution in [0.5, 0.6) is 0 Å². The molecule has 0 amide bonds. The smallest absolute Gasteiger partial charge is 0.278 e. The van der Waals surface area contributed by atoms with Crippen LogP contribution >= 0.6 is 22.9 Å². The average Bonchev–Trinajstić information content (AvgIpc) is 2.68. The van der Waals surface area contributed by atoms with Crippen LogP contribution in [-0.2, 0) is 16.2 Å². The molecule has 4 nitrogen and oxygen atoms in total. The Bertz CT molecular complexity index is 772. The molecule has 2 aromatic rings. The second-order valence-electron chi connectivity index (χ2n) is 3.99. The Labute approximate surface area is 127 Å². The van der Waals surface area contributed by atoms with E-state index in [-0.39, 0.29) is 14.4 Å². The number of benzene rings is 1. The van der Waals surface area contributed by atoms with Crippen molar-refractivity contribution in [2.45, 2.75) is 17.3 Å². The standard InChI is InChI=1S/C11H8ClF3N2O2S2/c1-6-9(20-10(12)16-6)21(18,19)17-8-5-3-2-4-7(8)11(13,14)15/h2-5,17H,1H3. The van der Waals surface area contributed by atoms with Gasteiger partial charge in [-0.3, -0.25) is 4.72 Å². The first-order chi connectivity index (χ1) is 9.61. The number of hydrogen-bond acceptors (Lipinski definition) is 4. The Hall–Kier alpha value is -1.32. The number of para-hydroxylation sites is 1. The van der Waals surface area contributed by atoms with Crippen LogP contribution in [0.1, 0.15) is 11.3 Å². The topological polar surface area (TPSA) is 59.1 Å². The maximum absolute atomic E-state index is 12.8. The van der Waals surface area contributed by atoms with Gasteiger partial charge in [-0.2, -0.15) is 13.2 Å². The molecule has 114 valence electrons. The maximum Gasteiger partial charge on any atom is 0.418 e. The van der Waals surface area contributed by atoms with Gasteiger partial charge in [-0.25, -0.2) is 13.4 Å². The molecule has 0 aliphatic heterocycles. The molecule has 0 aliphatic rings. The summed E-state index contributed by atoms with van der Waals surface area (Å²) in [6.07, 6.45) is -4.67. The van der Waals surface area contributed by atoms with Crippen LogP contribution in [0.3, 0.4) is 0 Å². The fourth-order valence-corrected chi connectivity index (χ4v) is 4.43. The van der Waals surface area contributed by atoms with Crippen molar-refractivity contribution < 1.29 is 21.6 Å². The summed E-state index contributed by atoms with van der Waals surface area (Å²) >= 11 is 6.29. The molecule has 0 atom stereocenters. The number of anilines is 1. The van der Waals surface area contributed by atoms with Crippen LogP contribution in [0.15, 0.2) is 28.5 Å². The van der Waals surface area contributed by atoms with Gasteiger partial charge >= 0.3 is 6.18 Å². The van der Waals surface area contributed by atoms with E-state index in [2.05, 4.69) is 4.98 Å². The Kier molecular flexibility index (Phi) is 4.18. The van der Waals surface area contributed by atoms with Gasteiger partial charge in [-0.1, -0.05) is 35.1 Å². The van der Waals surface area contributed by atoms with Crippen molar-refractivity contribution in [3.63, 3.8) is 0 Å². The summed E-state index contributed by atoms with van der Waals surface area (Å²) in [6.45, 7) is 1.41. The number of hydrogen-bond donors (Lipinski definition) is 1. The van der Waals surface area contributed by atoms with Crippen molar-refractivity contribution >= 4 is 38.6 Å². The molecule has 0 unspecified atom stereocenters. The molecule has 1 N–H and O–H groups in total. The van der Waals surface area contributed by atoms with E-state index in [0.29, 0.717) is 11.3 Å². The highest BCUT2D eigenvalue weighted by Crippen LogP contribution is 2.36. The number of aryl methyl sites for hydroxylation is 1. The minimum atomic E-state index is -4.67. The van der Waals surface area contributed by atoms with Crippen LogP contribution in [0, 0.1) is 6.92 Å². The summed E-state index contributed by atoms with van der Waals surface area (Å²) in [5.41, 5.74) is -1.49. The third-order valence-electron chi connectivity index (χ3n) is 2.45. The Morgan fingerprint density at radius 3 is 2.43 bits per heavy atom. The summed E-state index contributed by atoms with van der Waals surface area (Å²) < 4.78 is 64.5. The first-order valence-electron chi connectivity index (χ1n) is 5.43. The van der Waals surface area contributed by atoms with Crippen LogP contribution < -0.4 is 4.72 Å². The van der Waals surface area contributed by atoms with Gasteiger partial charge in [-0.05, 0) is 19.1 Å². The second kappa shape index (κ2) is 5.47. The predicted octanol–water partition coefficient (Wildman–Crippen LogP) is 3.92. The van der Waals surface area contributed by atoms with E-state index in [4.69, 9.17) is 11.6 Å². The lowest BCUT2D eigenvalue weighted by Gasteiger charge is -2.14. The normalized spacial score (nSPS) is 12.4. The Morgan fingerprint density at radius 1 is 1.29 bits per heavy atom. The lowest BCUT2D eigenvalue weighted by Crippen LogP contribution is -2.17. The first-order valence-corrected chi connectivity index (χ1v) is 8.11. The molecule has 0 radical (unpaired) electrons. The SMILES string of the molecule is Cc1nc(Cl)sc1S(=O)(=O)Nc1ccccc1C(F)(F)F. The van der Waals surface area contributed by atoms with Crippen molar-refractivity contribution in [3.05, 3.63) is 40.0 Å². The summed E-state index contributed by atoms with van der Waals surface area (Å²) in [5, 5.41) is 0. The monoisotopic (exact) mass is 356 g/mol. The molecule has 10 heteroatoms. The molecule has 0 spiro atoms. The van der Waals surface area contributed by atoms with Crippen molar-refractivity contribution in [1.82, 2.24) is 4.98 Å². The third-order valence-corrected chi connectivity index (χ3v) is 5.69. The van der Waals surface area contributed by atoms with E-state index < -0.39 is 27.5 Å². The van der Waals surface area contributed by atoms with Crippen molar-refractivity contribution in [2.75, 3.05) is 4.72 Å². The van der Waals surface area contributed by atoms with Gasteiger partial charge in [-0.15, -0.1) is 0 Å². The summed E-state index contributed by atoms with van der Waals surface area (Å²) in [6, 6.07) is 4.32. The van der Waals surface area contributed by atoms with Crippen LogP contribution in [0.25, 0.3) is 0 Å². The molecule has 0 bridgehead atoms. The quantitative estimate of drug-likeness (QED) is 0.906. The molecule has 21 heavy (non-hydrogen) atoms. The second-order valence-corrected chi connectivity index (χ2v) is 7.45. The summed E-state index contributed by atoms with van der Waals surface area (Å²) in [5.74, 6) is 0. The number of halogens is 4. The predicted molar refractivity (Wildman–Crippen MR) is 74.1 cm³/mol. The number of nitrogens with one attached hydrogen (secondary N) is 1. The number of alkyl halides is 3. The van der Waals surface area contributed by atoms with E-state index in [1.54, 1.807) is 0 Å². The number of aromatic nitrogens is 1. The van der Waals surface area contributed by atoms with Gasteiger partial charge in [0, 0.05) is 0 Å². The molecule has 0 saturated heterocycles. The number of thiazole rings is 1. The minimum absolute atomic E-state index is 0.00279. The van der Waals surface area contributed by atoms with Crippen LogP contribution in [-0.4, -0.2) is 13.4 Å². The first kappa shape index (κ1) is 16.1.